The molecule has 0 amide bonds. The number of nitrogens with zero attached hydrogens (tertiary/aromatic N) is 1. The summed E-state index contributed by atoms with van der Waals surface area (Å²) >= 11 is 0. The molecule has 5 nitrogen and oxygen atoms in total. The van der Waals surface area contributed by atoms with E-state index < -0.39 is 6.10 Å². The summed E-state index contributed by atoms with van der Waals surface area (Å²) in [5.74, 6) is 0.0410. The van der Waals surface area contributed by atoms with Crippen molar-refractivity contribution in [2.75, 3.05) is 6.54 Å². The molecule has 5 heteroatoms. The van der Waals surface area contributed by atoms with Crippen LogP contribution in [0.1, 0.15) is 24.2 Å². The molecular formula is C20H24N2O3. The van der Waals surface area contributed by atoms with E-state index >= 15 is 0 Å². The van der Waals surface area contributed by atoms with Gasteiger partial charge < -0.3 is 25.2 Å². The number of phenols is 1. The van der Waals surface area contributed by atoms with Gasteiger partial charge in [0.1, 0.15) is 5.75 Å². The summed E-state index contributed by atoms with van der Waals surface area (Å²) in [4.78, 5) is 0. The third-order valence-electron chi connectivity index (χ3n) is 4.47. The van der Waals surface area contributed by atoms with Crippen molar-refractivity contribution < 1.29 is 15.3 Å². The van der Waals surface area contributed by atoms with Gasteiger partial charge in [-0.05, 0) is 42.1 Å². The number of para-hydroxylation sites is 1. The number of hydrogen-bond donors (Lipinski definition) is 4. The standard InChI is InChI=1S/C20H24N2O3/c1-14(12-22-9-8-15-4-2-3-5-18(15)22)21-11-20(25)16-6-7-19(24)17(10-16)13-23/h2-10,14,20-21,23-25H,11-13H2,1H3/t14-,20+/m1/s1. The van der Waals surface area contributed by atoms with E-state index in [1.54, 1.807) is 12.1 Å². The van der Waals surface area contributed by atoms with Gasteiger partial charge >= 0.3 is 0 Å². The number of benzene rings is 2. The highest BCUT2D eigenvalue weighted by atomic mass is 16.3. The Bertz CT molecular complexity index is 844. The zero-order valence-corrected chi connectivity index (χ0v) is 14.3. The van der Waals surface area contributed by atoms with Gasteiger partial charge in [0.2, 0.25) is 0 Å². The summed E-state index contributed by atoms with van der Waals surface area (Å²) in [6, 6.07) is 15.3. The minimum Gasteiger partial charge on any atom is -0.508 e. The van der Waals surface area contributed by atoms with Gasteiger partial charge in [0.05, 0.1) is 12.7 Å². The fourth-order valence-electron chi connectivity index (χ4n) is 3.03. The van der Waals surface area contributed by atoms with Crippen LogP contribution in [0.15, 0.2) is 54.7 Å². The number of aliphatic hydroxyl groups is 2. The molecule has 132 valence electrons. The van der Waals surface area contributed by atoms with Gasteiger partial charge in [0, 0.05) is 36.4 Å². The molecule has 0 saturated carbocycles. The molecule has 1 heterocycles. The summed E-state index contributed by atoms with van der Waals surface area (Å²) in [7, 11) is 0. The zero-order valence-electron chi connectivity index (χ0n) is 14.3. The van der Waals surface area contributed by atoms with Gasteiger partial charge in [0.15, 0.2) is 0 Å². The molecule has 0 aliphatic carbocycles. The van der Waals surface area contributed by atoms with Crippen LogP contribution in [0.2, 0.25) is 0 Å². The predicted octanol–water partition coefficient (Wildman–Crippen LogP) is 2.55. The molecule has 0 unspecified atom stereocenters. The van der Waals surface area contributed by atoms with Crippen LogP contribution in [0.4, 0.5) is 0 Å². The fraction of sp³-hybridized carbons (Fsp3) is 0.300. The lowest BCUT2D eigenvalue weighted by Gasteiger charge is -2.19. The second kappa shape index (κ2) is 7.70. The van der Waals surface area contributed by atoms with Crippen LogP contribution in [-0.2, 0) is 13.2 Å². The quantitative estimate of drug-likeness (QED) is 0.533. The molecule has 2 atom stereocenters. The first-order valence-corrected chi connectivity index (χ1v) is 8.46. The van der Waals surface area contributed by atoms with E-state index in [0.29, 0.717) is 17.7 Å². The van der Waals surface area contributed by atoms with Gasteiger partial charge in [-0.3, -0.25) is 0 Å². The first kappa shape index (κ1) is 17.5. The van der Waals surface area contributed by atoms with Crippen LogP contribution in [0, 0.1) is 0 Å². The molecular weight excluding hydrogens is 316 g/mol. The lowest BCUT2D eigenvalue weighted by Crippen LogP contribution is -2.33. The van der Waals surface area contributed by atoms with Crippen molar-refractivity contribution >= 4 is 10.9 Å². The number of aliphatic hydroxyl groups excluding tert-OH is 2. The number of fused-ring (bicyclic) bond motifs is 1. The van der Waals surface area contributed by atoms with Gasteiger partial charge in [-0.2, -0.15) is 0 Å². The number of aromatic nitrogens is 1. The Morgan fingerprint density at radius 3 is 2.72 bits per heavy atom. The molecule has 2 aromatic carbocycles. The molecule has 0 aliphatic heterocycles. The van der Waals surface area contributed by atoms with Crippen LogP contribution in [0.3, 0.4) is 0 Å². The van der Waals surface area contributed by atoms with Crippen molar-refractivity contribution in [1.82, 2.24) is 9.88 Å². The smallest absolute Gasteiger partial charge is 0.121 e. The van der Waals surface area contributed by atoms with Crippen LogP contribution >= 0.6 is 0 Å². The highest BCUT2D eigenvalue weighted by Crippen LogP contribution is 2.22. The Morgan fingerprint density at radius 2 is 1.92 bits per heavy atom. The van der Waals surface area contributed by atoms with E-state index in [2.05, 4.69) is 41.2 Å². The molecule has 4 N–H and O–H groups in total. The Balaban J connectivity index is 1.59. The zero-order chi connectivity index (χ0) is 17.8. The lowest BCUT2D eigenvalue weighted by atomic mass is 10.1. The van der Waals surface area contributed by atoms with E-state index in [1.807, 2.05) is 12.1 Å². The van der Waals surface area contributed by atoms with E-state index in [1.165, 1.54) is 17.0 Å². The van der Waals surface area contributed by atoms with Crippen molar-refractivity contribution in [3.63, 3.8) is 0 Å². The minimum atomic E-state index is -0.699. The summed E-state index contributed by atoms with van der Waals surface area (Å²) < 4.78 is 2.20. The van der Waals surface area contributed by atoms with E-state index in [9.17, 15) is 15.3 Å². The van der Waals surface area contributed by atoms with Crippen LogP contribution < -0.4 is 5.32 Å². The van der Waals surface area contributed by atoms with Crippen molar-refractivity contribution in [3.05, 3.63) is 65.9 Å². The maximum absolute atomic E-state index is 10.3. The van der Waals surface area contributed by atoms with E-state index in [0.717, 1.165) is 6.54 Å². The second-order valence-corrected chi connectivity index (χ2v) is 6.40. The molecule has 0 saturated heterocycles. The maximum Gasteiger partial charge on any atom is 0.121 e. The first-order chi connectivity index (χ1) is 12.1. The van der Waals surface area contributed by atoms with Gasteiger partial charge in [0.25, 0.3) is 0 Å². The normalized spacial score (nSPS) is 13.9. The third-order valence-corrected chi connectivity index (χ3v) is 4.47. The molecule has 3 aromatic rings. The molecule has 3 rings (SSSR count). The molecule has 0 radical (unpaired) electrons. The Kier molecular flexibility index (Phi) is 5.38. The highest BCUT2D eigenvalue weighted by Gasteiger charge is 2.12. The van der Waals surface area contributed by atoms with Gasteiger partial charge in [-0.25, -0.2) is 0 Å². The Morgan fingerprint density at radius 1 is 1.12 bits per heavy atom. The summed E-state index contributed by atoms with van der Waals surface area (Å²) in [5, 5.41) is 33.7. The topological polar surface area (TPSA) is 77.7 Å². The third kappa shape index (κ3) is 4.02. The second-order valence-electron chi connectivity index (χ2n) is 6.40. The average molecular weight is 340 g/mol. The minimum absolute atomic E-state index is 0.0410. The maximum atomic E-state index is 10.3. The van der Waals surface area contributed by atoms with Crippen LogP contribution in [0.5, 0.6) is 5.75 Å². The van der Waals surface area contributed by atoms with Crippen molar-refractivity contribution in [3.8, 4) is 5.75 Å². The number of hydrogen-bond acceptors (Lipinski definition) is 4. The first-order valence-electron chi connectivity index (χ1n) is 8.46. The summed E-state index contributed by atoms with van der Waals surface area (Å²) in [5.41, 5.74) is 2.29. The summed E-state index contributed by atoms with van der Waals surface area (Å²) in [6.45, 7) is 3.03. The lowest BCUT2D eigenvalue weighted by molar-refractivity contribution is 0.169. The Hall–Kier alpha value is -2.34. The largest absolute Gasteiger partial charge is 0.508 e. The number of nitrogens with one attached hydrogen (secondary N) is 1. The van der Waals surface area contributed by atoms with Crippen molar-refractivity contribution in [2.45, 2.75) is 32.2 Å². The van der Waals surface area contributed by atoms with E-state index in [4.69, 9.17) is 0 Å². The molecule has 0 fully saturated rings. The monoisotopic (exact) mass is 340 g/mol. The predicted molar refractivity (Wildman–Crippen MR) is 98.4 cm³/mol. The van der Waals surface area contributed by atoms with Crippen LogP contribution in [0.25, 0.3) is 10.9 Å². The van der Waals surface area contributed by atoms with Gasteiger partial charge in [-0.15, -0.1) is 0 Å². The average Bonchev–Trinajstić information content (AvgIpc) is 3.03. The molecule has 0 bridgehead atoms. The van der Waals surface area contributed by atoms with E-state index in [-0.39, 0.29) is 18.4 Å². The molecule has 0 aliphatic rings. The van der Waals surface area contributed by atoms with Gasteiger partial charge in [-0.1, -0.05) is 24.3 Å². The van der Waals surface area contributed by atoms with Crippen molar-refractivity contribution in [2.24, 2.45) is 0 Å². The Labute approximate surface area is 147 Å². The molecule has 25 heavy (non-hydrogen) atoms. The molecule has 0 spiro atoms. The van der Waals surface area contributed by atoms with Crippen LogP contribution in [-0.4, -0.2) is 32.5 Å². The SMILES string of the molecule is C[C@H](Cn1ccc2ccccc21)NC[C@H](O)c1ccc(O)c(CO)c1. The fourth-order valence-corrected chi connectivity index (χ4v) is 3.03. The summed E-state index contributed by atoms with van der Waals surface area (Å²) in [6.07, 6.45) is 1.38. The number of rotatable bonds is 7. The van der Waals surface area contributed by atoms with Crippen molar-refractivity contribution in [1.29, 1.82) is 0 Å². The number of aromatic hydroxyl groups is 1. The molecule has 1 aromatic heterocycles. The highest BCUT2D eigenvalue weighted by molar-refractivity contribution is 5.79.